The third kappa shape index (κ3) is 3.54. The number of hydrogen-bond donors (Lipinski definition) is 1. The molecule has 0 saturated heterocycles. The van der Waals surface area contributed by atoms with Crippen molar-refractivity contribution in [3.8, 4) is 0 Å². The molecular formula is C14H17BrN2OS. The van der Waals surface area contributed by atoms with E-state index in [9.17, 15) is 4.79 Å². The molecule has 1 aromatic rings. The Bertz CT molecular complexity index is 486. The number of carbonyl (C=O) groups is 1. The van der Waals surface area contributed by atoms with Crippen molar-refractivity contribution in [2.75, 3.05) is 6.54 Å². The molecule has 1 aromatic carbocycles. The highest BCUT2D eigenvalue weighted by Gasteiger charge is 2.28. The first-order chi connectivity index (χ1) is 9.09. The fourth-order valence-corrected chi connectivity index (χ4v) is 3.13. The minimum atomic E-state index is 0.00664. The number of benzene rings is 1. The zero-order valence-electron chi connectivity index (χ0n) is 10.6. The van der Waals surface area contributed by atoms with Gasteiger partial charge in [-0.05, 0) is 40.9 Å². The molecule has 3 nitrogen and oxygen atoms in total. The van der Waals surface area contributed by atoms with Gasteiger partial charge in [0.25, 0.3) is 5.91 Å². The first-order valence-electron chi connectivity index (χ1n) is 6.43. The zero-order chi connectivity index (χ0) is 13.8. The Morgan fingerprint density at radius 2 is 2.00 bits per heavy atom. The summed E-state index contributed by atoms with van der Waals surface area (Å²) >= 11 is 8.41. The van der Waals surface area contributed by atoms with Crippen LogP contribution < -0.4 is 5.73 Å². The van der Waals surface area contributed by atoms with E-state index in [-0.39, 0.29) is 11.9 Å². The minimum absolute atomic E-state index is 0.00664. The molecular weight excluding hydrogens is 324 g/mol. The second-order valence-electron chi connectivity index (χ2n) is 4.82. The first kappa shape index (κ1) is 14.5. The highest BCUT2D eigenvalue weighted by molar-refractivity contribution is 9.10. The third-order valence-electron chi connectivity index (χ3n) is 3.46. The molecule has 0 spiro atoms. The van der Waals surface area contributed by atoms with Crippen molar-refractivity contribution in [3.05, 3.63) is 34.3 Å². The van der Waals surface area contributed by atoms with Gasteiger partial charge >= 0.3 is 0 Å². The fourth-order valence-electron chi connectivity index (χ4n) is 2.54. The Kier molecular flexibility index (Phi) is 4.93. The lowest BCUT2D eigenvalue weighted by Crippen LogP contribution is -2.43. The summed E-state index contributed by atoms with van der Waals surface area (Å²) in [5, 5.41) is 0. The van der Waals surface area contributed by atoms with E-state index in [4.69, 9.17) is 18.0 Å². The van der Waals surface area contributed by atoms with Crippen LogP contribution in [0.25, 0.3) is 0 Å². The molecule has 19 heavy (non-hydrogen) atoms. The summed E-state index contributed by atoms with van der Waals surface area (Å²) in [6, 6.07) is 7.73. The first-order valence-corrected chi connectivity index (χ1v) is 7.63. The summed E-state index contributed by atoms with van der Waals surface area (Å²) in [6.45, 7) is 0.361. The number of nitrogens with zero attached hydrogens (tertiary/aromatic N) is 1. The highest BCUT2D eigenvalue weighted by atomic mass is 79.9. The molecule has 2 N–H and O–H groups in total. The Balaban J connectivity index is 2.24. The summed E-state index contributed by atoms with van der Waals surface area (Å²) in [6.07, 6.45) is 4.42. The second-order valence-corrected chi connectivity index (χ2v) is 6.20. The van der Waals surface area contributed by atoms with E-state index in [2.05, 4.69) is 15.9 Å². The van der Waals surface area contributed by atoms with Crippen molar-refractivity contribution in [1.82, 2.24) is 4.90 Å². The van der Waals surface area contributed by atoms with Crippen LogP contribution in [0.15, 0.2) is 28.7 Å². The van der Waals surface area contributed by atoms with E-state index in [0.29, 0.717) is 17.1 Å². The van der Waals surface area contributed by atoms with Gasteiger partial charge < -0.3 is 10.6 Å². The molecule has 102 valence electrons. The number of amides is 1. The van der Waals surface area contributed by atoms with Crippen LogP contribution in [0.5, 0.6) is 0 Å². The van der Waals surface area contributed by atoms with Crippen molar-refractivity contribution in [2.24, 2.45) is 5.73 Å². The van der Waals surface area contributed by atoms with Crippen LogP contribution in [-0.4, -0.2) is 28.4 Å². The second kappa shape index (κ2) is 6.48. The predicted octanol–water partition coefficient (Wildman–Crippen LogP) is 3.12. The molecule has 0 atom stereocenters. The Labute approximate surface area is 127 Å². The highest BCUT2D eigenvalue weighted by Crippen LogP contribution is 2.26. The number of hydrogen-bond acceptors (Lipinski definition) is 2. The van der Waals surface area contributed by atoms with Crippen LogP contribution in [0, 0.1) is 0 Å². The van der Waals surface area contributed by atoms with Crippen molar-refractivity contribution >= 4 is 39.0 Å². The van der Waals surface area contributed by atoms with E-state index in [1.165, 1.54) is 12.8 Å². The Morgan fingerprint density at radius 1 is 1.37 bits per heavy atom. The topological polar surface area (TPSA) is 46.3 Å². The van der Waals surface area contributed by atoms with Crippen molar-refractivity contribution in [3.63, 3.8) is 0 Å². The van der Waals surface area contributed by atoms with Gasteiger partial charge in [-0.2, -0.15) is 0 Å². The summed E-state index contributed by atoms with van der Waals surface area (Å²) < 4.78 is 0.811. The lowest BCUT2D eigenvalue weighted by Gasteiger charge is -2.29. The zero-order valence-corrected chi connectivity index (χ0v) is 13.0. The maximum atomic E-state index is 12.7. The standard InChI is InChI=1S/C14H17BrN2OS/c15-12-8-4-3-7-11(12)14(18)17(9-13(16)19)10-5-1-2-6-10/h3-4,7-8,10H,1-2,5-6,9H2,(H2,16,19). The molecule has 1 aliphatic carbocycles. The molecule has 1 fully saturated rings. The van der Waals surface area contributed by atoms with Crippen LogP contribution in [0.1, 0.15) is 36.0 Å². The van der Waals surface area contributed by atoms with Gasteiger partial charge in [0.05, 0.1) is 17.1 Å². The summed E-state index contributed by atoms with van der Waals surface area (Å²) in [7, 11) is 0. The molecule has 0 bridgehead atoms. The van der Waals surface area contributed by atoms with E-state index < -0.39 is 0 Å². The van der Waals surface area contributed by atoms with E-state index in [1.54, 1.807) is 0 Å². The summed E-state index contributed by atoms with van der Waals surface area (Å²) in [5.74, 6) is 0.00664. The van der Waals surface area contributed by atoms with E-state index >= 15 is 0 Å². The molecule has 1 aliphatic rings. The van der Waals surface area contributed by atoms with Crippen LogP contribution in [-0.2, 0) is 0 Å². The molecule has 0 aliphatic heterocycles. The maximum absolute atomic E-state index is 12.7. The summed E-state index contributed by atoms with van der Waals surface area (Å²) in [5.41, 5.74) is 6.31. The van der Waals surface area contributed by atoms with Crippen molar-refractivity contribution in [1.29, 1.82) is 0 Å². The van der Waals surface area contributed by atoms with Gasteiger partial charge in [-0.15, -0.1) is 0 Å². The number of nitrogens with two attached hydrogens (primary N) is 1. The molecule has 2 rings (SSSR count). The molecule has 1 amide bonds. The van der Waals surface area contributed by atoms with Crippen LogP contribution >= 0.6 is 28.1 Å². The molecule has 5 heteroatoms. The molecule has 0 unspecified atom stereocenters. The van der Waals surface area contributed by atoms with Gasteiger partial charge in [0, 0.05) is 10.5 Å². The molecule has 0 aromatic heterocycles. The SMILES string of the molecule is NC(=S)CN(C(=O)c1ccccc1Br)C1CCCC1. The number of rotatable bonds is 4. The van der Waals surface area contributed by atoms with Gasteiger partial charge in [-0.1, -0.05) is 37.2 Å². The molecule has 0 heterocycles. The lowest BCUT2D eigenvalue weighted by molar-refractivity contribution is 0.0714. The lowest BCUT2D eigenvalue weighted by atomic mass is 10.1. The van der Waals surface area contributed by atoms with Gasteiger partial charge in [0.15, 0.2) is 0 Å². The van der Waals surface area contributed by atoms with E-state index in [0.717, 1.165) is 17.3 Å². The van der Waals surface area contributed by atoms with E-state index in [1.807, 2.05) is 29.2 Å². The minimum Gasteiger partial charge on any atom is -0.392 e. The quantitative estimate of drug-likeness (QED) is 0.856. The average molecular weight is 341 g/mol. The Hall–Kier alpha value is -0.940. The van der Waals surface area contributed by atoms with Crippen molar-refractivity contribution in [2.45, 2.75) is 31.7 Å². The van der Waals surface area contributed by atoms with Crippen LogP contribution in [0.3, 0.4) is 0 Å². The maximum Gasteiger partial charge on any atom is 0.255 e. The van der Waals surface area contributed by atoms with Gasteiger partial charge in [-0.3, -0.25) is 4.79 Å². The number of thiocarbonyl (C=S) groups is 1. The third-order valence-corrected chi connectivity index (χ3v) is 4.28. The normalized spacial score (nSPS) is 15.4. The summed E-state index contributed by atoms with van der Waals surface area (Å²) in [4.78, 5) is 14.9. The largest absolute Gasteiger partial charge is 0.392 e. The fraction of sp³-hybridized carbons (Fsp3) is 0.429. The number of carbonyl (C=O) groups excluding carboxylic acids is 1. The van der Waals surface area contributed by atoms with Gasteiger partial charge in [0.1, 0.15) is 0 Å². The van der Waals surface area contributed by atoms with Gasteiger partial charge in [0.2, 0.25) is 0 Å². The molecule has 1 saturated carbocycles. The predicted molar refractivity (Wildman–Crippen MR) is 84.2 cm³/mol. The average Bonchev–Trinajstić information content (AvgIpc) is 2.89. The monoisotopic (exact) mass is 340 g/mol. The van der Waals surface area contributed by atoms with Crippen LogP contribution in [0.2, 0.25) is 0 Å². The van der Waals surface area contributed by atoms with Crippen LogP contribution in [0.4, 0.5) is 0 Å². The van der Waals surface area contributed by atoms with Gasteiger partial charge in [-0.25, -0.2) is 0 Å². The molecule has 0 radical (unpaired) electrons. The Morgan fingerprint density at radius 3 is 2.58 bits per heavy atom. The smallest absolute Gasteiger partial charge is 0.255 e. The van der Waals surface area contributed by atoms with Crippen molar-refractivity contribution < 1.29 is 4.79 Å². The number of halogens is 1.